The van der Waals surface area contributed by atoms with E-state index in [-0.39, 0.29) is 18.4 Å². The summed E-state index contributed by atoms with van der Waals surface area (Å²) in [5.74, 6) is 1.34. The molecule has 1 heterocycles. The molecule has 2 amide bonds. The largest absolute Gasteiger partial charge is 0.497 e. The molecule has 8 heteroatoms. The van der Waals surface area contributed by atoms with Gasteiger partial charge in [-0.15, -0.1) is 0 Å². The standard InChI is InChI=1S/C24H27N3O5/c1-5-27(14-23(28)25-19-9-7-10-20(13-19)30-4)24(29)18-8-6-11-21(12-18)31-15-22-16(2)26-32-17(22)3/h6-13H,5,14-15H2,1-4H3,(H,25,28). The van der Waals surface area contributed by atoms with Crippen molar-refractivity contribution in [1.82, 2.24) is 10.1 Å². The number of carbonyl (C=O) groups excluding carboxylic acids is 2. The molecule has 1 N–H and O–H groups in total. The van der Waals surface area contributed by atoms with E-state index in [4.69, 9.17) is 14.0 Å². The molecule has 0 aliphatic rings. The predicted octanol–water partition coefficient (Wildman–Crippen LogP) is 3.98. The number of methoxy groups -OCH3 is 1. The zero-order chi connectivity index (χ0) is 23.1. The molecule has 32 heavy (non-hydrogen) atoms. The average molecular weight is 437 g/mol. The number of carbonyl (C=O) groups is 2. The smallest absolute Gasteiger partial charge is 0.254 e. The van der Waals surface area contributed by atoms with Crippen molar-refractivity contribution in [3.05, 3.63) is 71.1 Å². The van der Waals surface area contributed by atoms with E-state index in [0.29, 0.717) is 41.7 Å². The number of rotatable bonds is 9. The SMILES string of the molecule is CCN(CC(=O)Nc1cccc(OC)c1)C(=O)c1cccc(OCc2c(C)noc2C)c1. The number of hydrogen-bond donors (Lipinski definition) is 1. The van der Waals surface area contributed by atoms with Crippen molar-refractivity contribution in [3.63, 3.8) is 0 Å². The third-order valence-electron chi connectivity index (χ3n) is 5.00. The van der Waals surface area contributed by atoms with Gasteiger partial charge in [0.2, 0.25) is 5.91 Å². The predicted molar refractivity (Wildman–Crippen MR) is 120 cm³/mol. The normalized spacial score (nSPS) is 10.5. The Hall–Kier alpha value is -3.81. The van der Waals surface area contributed by atoms with Gasteiger partial charge in [0.05, 0.1) is 18.4 Å². The lowest BCUT2D eigenvalue weighted by molar-refractivity contribution is -0.116. The number of ether oxygens (including phenoxy) is 2. The third kappa shape index (κ3) is 5.66. The van der Waals surface area contributed by atoms with Crippen molar-refractivity contribution in [2.75, 3.05) is 25.5 Å². The summed E-state index contributed by atoms with van der Waals surface area (Å²) in [5, 5.41) is 6.71. The molecule has 3 rings (SSSR count). The van der Waals surface area contributed by atoms with Crippen molar-refractivity contribution in [2.24, 2.45) is 0 Å². The van der Waals surface area contributed by atoms with E-state index in [9.17, 15) is 9.59 Å². The summed E-state index contributed by atoms with van der Waals surface area (Å²) in [6.45, 7) is 6.11. The summed E-state index contributed by atoms with van der Waals surface area (Å²) in [4.78, 5) is 27.0. The van der Waals surface area contributed by atoms with Gasteiger partial charge in [0.15, 0.2) is 0 Å². The van der Waals surface area contributed by atoms with Crippen LogP contribution in [0.3, 0.4) is 0 Å². The summed E-state index contributed by atoms with van der Waals surface area (Å²) in [6, 6.07) is 14.0. The Bertz CT molecular complexity index is 1070. The number of anilines is 1. The molecule has 168 valence electrons. The van der Waals surface area contributed by atoms with E-state index in [0.717, 1.165) is 11.3 Å². The first-order valence-corrected chi connectivity index (χ1v) is 10.3. The topological polar surface area (TPSA) is 93.9 Å². The second-order valence-corrected chi connectivity index (χ2v) is 7.22. The molecule has 0 spiro atoms. The van der Waals surface area contributed by atoms with E-state index in [1.807, 2.05) is 20.8 Å². The van der Waals surface area contributed by atoms with Crippen molar-refractivity contribution < 1.29 is 23.6 Å². The summed E-state index contributed by atoms with van der Waals surface area (Å²) in [6.07, 6.45) is 0. The minimum atomic E-state index is -0.292. The molecule has 0 unspecified atom stereocenters. The fourth-order valence-corrected chi connectivity index (χ4v) is 3.17. The van der Waals surface area contributed by atoms with Crippen LogP contribution < -0.4 is 14.8 Å². The first-order chi connectivity index (χ1) is 15.4. The van der Waals surface area contributed by atoms with Crippen molar-refractivity contribution in [1.29, 1.82) is 0 Å². The number of nitrogens with one attached hydrogen (secondary N) is 1. The van der Waals surface area contributed by atoms with Crippen LogP contribution in [0.25, 0.3) is 0 Å². The van der Waals surface area contributed by atoms with Crippen LogP contribution in [-0.2, 0) is 11.4 Å². The molecular formula is C24H27N3O5. The number of likely N-dealkylation sites (N-methyl/N-ethyl adjacent to an activating group) is 1. The zero-order valence-corrected chi connectivity index (χ0v) is 18.7. The van der Waals surface area contributed by atoms with Gasteiger partial charge in [0.1, 0.15) is 30.4 Å². The second kappa shape index (κ2) is 10.5. The third-order valence-corrected chi connectivity index (χ3v) is 5.00. The maximum atomic E-state index is 13.0. The van der Waals surface area contributed by atoms with Gasteiger partial charge >= 0.3 is 0 Å². The molecule has 0 bridgehead atoms. The number of benzene rings is 2. The fraction of sp³-hybridized carbons (Fsp3) is 0.292. The van der Waals surface area contributed by atoms with E-state index in [2.05, 4.69) is 10.5 Å². The highest BCUT2D eigenvalue weighted by atomic mass is 16.5. The Balaban J connectivity index is 1.64. The Kier molecular flexibility index (Phi) is 7.49. The van der Waals surface area contributed by atoms with Gasteiger partial charge in [-0.3, -0.25) is 9.59 Å². The molecule has 0 atom stereocenters. The lowest BCUT2D eigenvalue weighted by Gasteiger charge is -2.21. The fourth-order valence-electron chi connectivity index (χ4n) is 3.17. The molecule has 2 aromatic carbocycles. The number of nitrogens with zero attached hydrogens (tertiary/aromatic N) is 2. The first kappa shape index (κ1) is 22.9. The number of aromatic nitrogens is 1. The Labute approximate surface area is 187 Å². The van der Waals surface area contributed by atoms with Crippen molar-refractivity contribution in [2.45, 2.75) is 27.4 Å². The zero-order valence-electron chi connectivity index (χ0n) is 18.7. The molecule has 0 fully saturated rings. The number of hydrogen-bond acceptors (Lipinski definition) is 6. The molecule has 0 saturated heterocycles. The highest BCUT2D eigenvalue weighted by molar-refractivity contribution is 5.99. The number of amides is 2. The van der Waals surface area contributed by atoms with Crippen LogP contribution in [0.1, 0.15) is 34.3 Å². The van der Waals surface area contributed by atoms with Gasteiger partial charge in [0.25, 0.3) is 5.91 Å². The Morgan fingerprint density at radius 3 is 2.53 bits per heavy atom. The van der Waals surface area contributed by atoms with Gasteiger partial charge in [-0.2, -0.15) is 0 Å². The molecule has 1 aromatic heterocycles. The monoisotopic (exact) mass is 437 g/mol. The van der Waals surface area contributed by atoms with Crippen LogP contribution in [0.2, 0.25) is 0 Å². The minimum Gasteiger partial charge on any atom is -0.497 e. The van der Waals surface area contributed by atoms with E-state index >= 15 is 0 Å². The maximum absolute atomic E-state index is 13.0. The van der Waals surface area contributed by atoms with Crippen LogP contribution in [0.15, 0.2) is 53.1 Å². The molecule has 0 saturated carbocycles. The van der Waals surface area contributed by atoms with Crippen LogP contribution in [-0.4, -0.2) is 42.1 Å². The Morgan fingerprint density at radius 1 is 1.09 bits per heavy atom. The number of aryl methyl sites for hydroxylation is 2. The molecule has 0 aliphatic heterocycles. The first-order valence-electron chi connectivity index (χ1n) is 10.3. The van der Waals surface area contributed by atoms with Crippen LogP contribution in [0, 0.1) is 13.8 Å². The van der Waals surface area contributed by atoms with Gasteiger partial charge in [0, 0.05) is 23.9 Å². The molecule has 0 aliphatic carbocycles. The lowest BCUT2D eigenvalue weighted by atomic mass is 10.1. The minimum absolute atomic E-state index is 0.0727. The maximum Gasteiger partial charge on any atom is 0.254 e. The van der Waals surface area contributed by atoms with Crippen LogP contribution in [0.4, 0.5) is 5.69 Å². The van der Waals surface area contributed by atoms with Gasteiger partial charge < -0.3 is 24.2 Å². The summed E-state index contributed by atoms with van der Waals surface area (Å²) in [7, 11) is 1.56. The van der Waals surface area contributed by atoms with Crippen LogP contribution in [0.5, 0.6) is 11.5 Å². The summed E-state index contributed by atoms with van der Waals surface area (Å²) >= 11 is 0. The molecule has 8 nitrogen and oxygen atoms in total. The van der Waals surface area contributed by atoms with Crippen molar-refractivity contribution >= 4 is 17.5 Å². The molecule has 0 radical (unpaired) electrons. The Morgan fingerprint density at radius 2 is 1.84 bits per heavy atom. The van der Waals surface area contributed by atoms with Gasteiger partial charge in [-0.1, -0.05) is 17.3 Å². The highest BCUT2D eigenvalue weighted by Gasteiger charge is 2.18. The second-order valence-electron chi connectivity index (χ2n) is 7.22. The highest BCUT2D eigenvalue weighted by Crippen LogP contribution is 2.20. The lowest BCUT2D eigenvalue weighted by Crippen LogP contribution is -2.37. The summed E-state index contributed by atoms with van der Waals surface area (Å²) in [5.41, 5.74) is 2.70. The van der Waals surface area contributed by atoms with Crippen molar-refractivity contribution in [3.8, 4) is 11.5 Å². The van der Waals surface area contributed by atoms with Gasteiger partial charge in [-0.05, 0) is 51.1 Å². The van der Waals surface area contributed by atoms with Gasteiger partial charge in [-0.25, -0.2) is 0 Å². The molecular weight excluding hydrogens is 410 g/mol. The summed E-state index contributed by atoms with van der Waals surface area (Å²) < 4.78 is 16.2. The quantitative estimate of drug-likeness (QED) is 0.544. The average Bonchev–Trinajstić information content (AvgIpc) is 3.13. The van der Waals surface area contributed by atoms with Crippen LogP contribution >= 0.6 is 0 Å². The van der Waals surface area contributed by atoms with E-state index in [1.54, 1.807) is 55.6 Å². The van der Waals surface area contributed by atoms with E-state index in [1.165, 1.54) is 4.90 Å². The van der Waals surface area contributed by atoms with E-state index < -0.39 is 0 Å². The molecule has 3 aromatic rings.